The molecule has 3 rings (SSSR count). The van der Waals surface area contributed by atoms with Gasteiger partial charge in [0.25, 0.3) is 0 Å². The Morgan fingerprint density at radius 2 is 1.81 bits per heavy atom. The Labute approximate surface area is 197 Å². The molecule has 32 heavy (non-hydrogen) atoms. The normalized spacial score (nSPS) is 12.2. The highest BCUT2D eigenvalue weighted by Crippen LogP contribution is 2.36. The van der Waals surface area contributed by atoms with Gasteiger partial charge in [-0.2, -0.15) is 4.98 Å². The molecule has 172 valence electrons. The maximum absolute atomic E-state index is 13.3. The number of carboxylic acids is 1. The highest BCUT2D eigenvalue weighted by atomic mass is 127. The van der Waals surface area contributed by atoms with E-state index < -0.39 is 31.6 Å². The molecule has 13 heteroatoms. The predicted molar refractivity (Wildman–Crippen MR) is 126 cm³/mol. The number of benzene rings is 1. The summed E-state index contributed by atoms with van der Waals surface area (Å²) in [5.74, 6) is -2.06. The summed E-state index contributed by atoms with van der Waals surface area (Å²) in [4.78, 5) is 16.2. The largest absolute Gasteiger partial charge is 0.478 e. The fraction of sp³-hybridized carbons (Fsp3) is 0.263. The van der Waals surface area contributed by atoms with Crippen LogP contribution in [-0.4, -0.2) is 57.7 Å². The van der Waals surface area contributed by atoms with E-state index in [-0.39, 0.29) is 47.0 Å². The number of nitrogens with zero attached hydrogens (tertiary/aromatic N) is 2. The molecule has 1 aromatic carbocycles. The quantitative estimate of drug-likeness (QED) is 0.392. The van der Waals surface area contributed by atoms with Crippen LogP contribution in [0.3, 0.4) is 0 Å². The van der Waals surface area contributed by atoms with Crippen molar-refractivity contribution in [3.8, 4) is 11.3 Å². The van der Waals surface area contributed by atoms with Gasteiger partial charge in [0.2, 0.25) is 15.7 Å². The monoisotopic (exact) mass is 596 g/mol. The highest BCUT2D eigenvalue weighted by molar-refractivity contribution is 14.1. The minimum Gasteiger partial charge on any atom is -0.478 e. The second-order valence-electron chi connectivity index (χ2n) is 7.08. The van der Waals surface area contributed by atoms with Crippen LogP contribution in [0.25, 0.3) is 22.4 Å². The van der Waals surface area contributed by atoms with Gasteiger partial charge in [-0.05, 0) is 59.3 Å². The Balaban J connectivity index is 2.15. The van der Waals surface area contributed by atoms with E-state index in [4.69, 9.17) is 4.42 Å². The van der Waals surface area contributed by atoms with Gasteiger partial charge in [0.15, 0.2) is 11.6 Å². The van der Waals surface area contributed by atoms with Gasteiger partial charge in [0.05, 0.1) is 21.0 Å². The standard InChI is InChI=1S/C19H18FIN2O7S2/c1-31(26,27)9-3-8-23(32(2,28)29)17-14(21)10-13-15(19(24)25)16(30-18(13)22-17)11-4-6-12(20)7-5-11/h4-7,10H,3,8-9H2,1-2H3,(H,24,25). The third-order valence-corrected chi connectivity index (χ3v) is 7.43. The van der Waals surface area contributed by atoms with Crippen molar-refractivity contribution < 1.29 is 35.5 Å². The number of rotatable bonds is 8. The number of carboxylic acid groups (broad SMARTS) is 1. The van der Waals surface area contributed by atoms with Gasteiger partial charge in [-0.3, -0.25) is 4.31 Å². The number of hydrogen-bond donors (Lipinski definition) is 1. The summed E-state index contributed by atoms with van der Waals surface area (Å²) in [6.45, 7) is -0.141. The summed E-state index contributed by atoms with van der Waals surface area (Å²) >= 11 is 1.83. The van der Waals surface area contributed by atoms with E-state index in [1.807, 2.05) is 22.6 Å². The Hall–Kier alpha value is -2.26. The SMILES string of the molecule is CS(=O)(=O)CCCN(c1nc2oc(-c3ccc(F)cc3)c(C(=O)O)c2cc1I)S(C)(=O)=O. The average Bonchev–Trinajstić information content (AvgIpc) is 3.02. The summed E-state index contributed by atoms with van der Waals surface area (Å²) < 4.78 is 67.8. The van der Waals surface area contributed by atoms with Crippen LogP contribution in [0, 0.1) is 9.39 Å². The van der Waals surface area contributed by atoms with Crippen molar-refractivity contribution in [2.75, 3.05) is 29.1 Å². The van der Waals surface area contributed by atoms with E-state index in [1.54, 1.807) is 0 Å². The molecule has 0 radical (unpaired) electrons. The minimum absolute atomic E-state index is 0.00885. The van der Waals surface area contributed by atoms with Crippen LogP contribution in [0.15, 0.2) is 34.7 Å². The molecule has 0 aliphatic rings. The van der Waals surface area contributed by atoms with Gasteiger partial charge in [0.1, 0.15) is 21.2 Å². The zero-order chi connectivity index (χ0) is 23.8. The van der Waals surface area contributed by atoms with Crippen molar-refractivity contribution in [2.24, 2.45) is 0 Å². The van der Waals surface area contributed by atoms with E-state index in [9.17, 15) is 31.1 Å². The third-order valence-electron chi connectivity index (χ3n) is 4.45. The van der Waals surface area contributed by atoms with Crippen molar-refractivity contribution in [3.63, 3.8) is 0 Å². The molecule has 0 unspecified atom stereocenters. The lowest BCUT2D eigenvalue weighted by Crippen LogP contribution is -2.33. The van der Waals surface area contributed by atoms with Gasteiger partial charge < -0.3 is 9.52 Å². The molecule has 0 spiro atoms. The summed E-state index contributed by atoms with van der Waals surface area (Å²) in [5, 5.41) is 9.88. The lowest BCUT2D eigenvalue weighted by atomic mass is 10.1. The molecule has 0 fully saturated rings. The molecule has 0 saturated carbocycles. The second-order valence-corrected chi connectivity index (χ2v) is 12.4. The number of aromatic carboxylic acids is 1. The van der Waals surface area contributed by atoms with Crippen molar-refractivity contribution in [3.05, 3.63) is 45.3 Å². The molecule has 9 nitrogen and oxygen atoms in total. The first-order chi connectivity index (χ1) is 14.8. The van der Waals surface area contributed by atoms with Gasteiger partial charge in [-0.1, -0.05) is 0 Å². The van der Waals surface area contributed by atoms with Crippen LogP contribution in [0.5, 0.6) is 0 Å². The smallest absolute Gasteiger partial charge is 0.340 e. The predicted octanol–water partition coefficient (Wildman–Crippen LogP) is 3.14. The van der Waals surface area contributed by atoms with E-state index >= 15 is 0 Å². The Kier molecular flexibility index (Phi) is 6.81. The molecule has 2 heterocycles. The average molecular weight is 596 g/mol. The lowest BCUT2D eigenvalue weighted by Gasteiger charge is -2.22. The van der Waals surface area contributed by atoms with Crippen molar-refractivity contribution in [1.29, 1.82) is 0 Å². The number of hydrogen-bond acceptors (Lipinski definition) is 7. The zero-order valence-electron chi connectivity index (χ0n) is 16.9. The number of sulfone groups is 1. The van der Waals surface area contributed by atoms with Crippen LogP contribution in [-0.2, 0) is 19.9 Å². The summed E-state index contributed by atoms with van der Waals surface area (Å²) in [5.41, 5.74) is 0.00643. The lowest BCUT2D eigenvalue weighted by molar-refractivity contribution is 0.0699. The van der Waals surface area contributed by atoms with Crippen LogP contribution in [0.2, 0.25) is 0 Å². The third kappa shape index (κ3) is 5.38. The molecule has 0 amide bonds. The van der Waals surface area contributed by atoms with E-state index in [0.29, 0.717) is 9.13 Å². The maximum atomic E-state index is 13.3. The van der Waals surface area contributed by atoms with Crippen molar-refractivity contribution in [2.45, 2.75) is 6.42 Å². The molecule has 1 N–H and O–H groups in total. The first kappa shape index (κ1) is 24.4. The van der Waals surface area contributed by atoms with E-state index in [2.05, 4.69) is 4.98 Å². The number of furan rings is 1. The van der Waals surface area contributed by atoms with Crippen molar-refractivity contribution in [1.82, 2.24) is 4.98 Å². The Morgan fingerprint density at radius 3 is 2.34 bits per heavy atom. The second kappa shape index (κ2) is 8.94. The minimum atomic E-state index is -3.83. The molecule has 3 aromatic rings. The van der Waals surface area contributed by atoms with Gasteiger partial charge in [-0.25, -0.2) is 26.0 Å². The van der Waals surface area contributed by atoms with E-state index in [1.165, 1.54) is 18.2 Å². The van der Waals surface area contributed by atoms with Crippen LogP contribution in [0.1, 0.15) is 16.8 Å². The highest BCUT2D eigenvalue weighted by Gasteiger charge is 2.27. The molecular weight excluding hydrogens is 578 g/mol. The topological polar surface area (TPSA) is 135 Å². The number of halogens is 2. The number of sulfonamides is 1. The van der Waals surface area contributed by atoms with E-state index in [0.717, 1.165) is 28.9 Å². The van der Waals surface area contributed by atoms with Crippen LogP contribution in [0.4, 0.5) is 10.2 Å². The zero-order valence-corrected chi connectivity index (χ0v) is 20.7. The Morgan fingerprint density at radius 1 is 1.19 bits per heavy atom. The molecule has 2 aromatic heterocycles. The maximum Gasteiger partial charge on any atom is 0.340 e. The first-order valence-corrected chi connectivity index (χ1v) is 14.0. The molecule has 0 atom stereocenters. The fourth-order valence-electron chi connectivity index (χ4n) is 3.08. The number of pyridine rings is 1. The Bertz CT molecular complexity index is 1400. The molecule has 0 aliphatic carbocycles. The number of fused-ring (bicyclic) bond motifs is 1. The molecule has 0 saturated heterocycles. The van der Waals surface area contributed by atoms with Gasteiger partial charge in [-0.15, -0.1) is 0 Å². The van der Waals surface area contributed by atoms with Crippen molar-refractivity contribution >= 4 is 65.3 Å². The molecule has 0 aliphatic heterocycles. The number of anilines is 1. The summed E-state index contributed by atoms with van der Waals surface area (Å²) in [6, 6.07) is 6.47. The van der Waals surface area contributed by atoms with Gasteiger partial charge >= 0.3 is 5.97 Å². The van der Waals surface area contributed by atoms with Crippen LogP contribution >= 0.6 is 22.6 Å². The van der Waals surface area contributed by atoms with Crippen LogP contribution < -0.4 is 4.31 Å². The molecule has 0 bridgehead atoms. The van der Waals surface area contributed by atoms with Gasteiger partial charge in [0, 0.05) is 18.4 Å². The summed E-state index contributed by atoms with van der Waals surface area (Å²) in [6.07, 6.45) is 2.06. The fourth-order valence-corrected chi connectivity index (χ4v) is 5.54. The number of aromatic nitrogens is 1. The number of carbonyl (C=O) groups is 1. The molecular formula is C19H18FIN2O7S2. The summed E-state index contributed by atoms with van der Waals surface area (Å²) in [7, 11) is -7.12. The first-order valence-electron chi connectivity index (χ1n) is 9.05.